The molecule has 1 heterocycles. The molecule has 0 aromatic carbocycles. The van der Waals surface area contributed by atoms with Gasteiger partial charge in [-0.05, 0) is 0 Å². The zero-order valence-electron chi connectivity index (χ0n) is 6.94. The van der Waals surface area contributed by atoms with Gasteiger partial charge in [-0.1, -0.05) is 0 Å². The van der Waals surface area contributed by atoms with Crippen LogP contribution < -0.4 is 21.5 Å². The Morgan fingerprint density at radius 3 is 2.50 bits per heavy atom. The van der Waals surface area contributed by atoms with E-state index in [4.69, 9.17) is 0 Å². The standard InChI is InChI=1S/C8H17IN/c1-3-9-10-6-4-8(2)5-7-10/h8H,3-7H2,1-2H3/q-1. The minimum absolute atomic E-state index is 0.421. The third-order valence-corrected chi connectivity index (χ3v) is 4.63. The number of nitrogens with zero attached hydrogens (tertiary/aromatic N) is 1. The van der Waals surface area contributed by atoms with E-state index in [-0.39, 0.29) is 0 Å². The molecule has 10 heavy (non-hydrogen) atoms. The van der Waals surface area contributed by atoms with Crippen molar-refractivity contribution in [3.05, 3.63) is 0 Å². The summed E-state index contributed by atoms with van der Waals surface area (Å²) in [6.07, 6.45) is 2.89. The Morgan fingerprint density at radius 2 is 2.00 bits per heavy atom. The second-order valence-corrected chi connectivity index (χ2v) is 6.55. The molecule has 0 unspecified atom stereocenters. The summed E-state index contributed by atoms with van der Waals surface area (Å²) >= 11 is 0.421. The van der Waals surface area contributed by atoms with Gasteiger partial charge in [0, 0.05) is 0 Å². The molecule has 1 nitrogen and oxygen atoms in total. The van der Waals surface area contributed by atoms with Crippen LogP contribution in [0, 0.1) is 5.92 Å². The summed E-state index contributed by atoms with van der Waals surface area (Å²) in [5, 5.41) is 0. The molecule has 62 valence electrons. The molecular formula is C8H17IN-. The maximum atomic E-state index is 2.69. The van der Waals surface area contributed by atoms with Crippen molar-refractivity contribution in [1.82, 2.24) is 3.11 Å². The van der Waals surface area contributed by atoms with Gasteiger partial charge >= 0.3 is 74.7 Å². The molecular weight excluding hydrogens is 237 g/mol. The molecule has 1 aliphatic rings. The molecule has 0 bridgehead atoms. The molecule has 0 aromatic rings. The van der Waals surface area contributed by atoms with E-state index >= 15 is 0 Å². The summed E-state index contributed by atoms with van der Waals surface area (Å²) in [6.45, 7) is 7.47. The number of alkyl halides is 1. The monoisotopic (exact) mass is 254 g/mol. The molecule has 1 saturated heterocycles. The number of hydrogen-bond acceptors (Lipinski definition) is 1. The zero-order valence-corrected chi connectivity index (χ0v) is 9.10. The fourth-order valence-electron chi connectivity index (χ4n) is 1.27. The fourth-order valence-corrected chi connectivity index (χ4v) is 3.47. The molecule has 0 radical (unpaired) electrons. The number of halogens is 1. The number of piperidine rings is 1. The van der Waals surface area contributed by atoms with E-state index in [0.717, 1.165) is 5.92 Å². The van der Waals surface area contributed by atoms with E-state index in [9.17, 15) is 0 Å². The van der Waals surface area contributed by atoms with Gasteiger partial charge in [0.25, 0.3) is 0 Å². The van der Waals surface area contributed by atoms with Crippen LogP contribution in [0.25, 0.3) is 0 Å². The van der Waals surface area contributed by atoms with Gasteiger partial charge in [0.05, 0.1) is 0 Å². The molecule has 0 aromatic heterocycles. The first kappa shape index (κ1) is 8.78. The van der Waals surface area contributed by atoms with Crippen LogP contribution in [-0.4, -0.2) is 20.6 Å². The molecule has 1 rings (SSSR count). The van der Waals surface area contributed by atoms with Gasteiger partial charge in [-0.15, -0.1) is 0 Å². The first-order valence-electron chi connectivity index (χ1n) is 4.17. The fraction of sp³-hybridized carbons (Fsp3) is 1.00. The van der Waals surface area contributed by atoms with Crippen LogP contribution in [0.4, 0.5) is 0 Å². The van der Waals surface area contributed by atoms with E-state index in [1.165, 1.54) is 30.4 Å². The Bertz CT molecular complexity index is 87.3. The number of rotatable bonds is 2. The van der Waals surface area contributed by atoms with Crippen LogP contribution in [0.15, 0.2) is 0 Å². The third kappa shape index (κ3) is 2.74. The molecule has 1 fully saturated rings. The van der Waals surface area contributed by atoms with E-state index in [0.29, 0.717) is 21.5 Å². The average molecular weight is 254 g/mol. The zero-order chi connectivity index (χ0) is 7.40. The topological polar surface area (TPSA) is 3.24 Å². The van der Waals surface area contributed by atoms with Crippen molar-refractivity contribution in [2.75, 3.05) is 17.5 Å². The molecule has 0 aliphatic carbocycles. The Balaban J connectivity index is 2.13. The van der Waals surface area contributed by atoms with Crippen LogP contribution >= 0.6 is 0 Å². The summed E-state index contributed by atoms with van der Waals surface area (Å²) in [5.41, 5.74) is 0. The van der Waals surface area contributed by atoms with Crippen LogP contribution in [0.5, 0.6) is 0 Å². The van der Waals surface area contributed by atoms with Crippen LogP contribution in [0.3, 0.4) is 0 Å². The van der Waals surface area contributed by atoms with Gasteiger partial charge < -0.3 is 0 Å². The van der Waals surface area contributed by atoms with Crippen LogP contribution in [0.2, 0.25) is 0 Å². The first-order valence-corrected chi connectivity index (χ1v) is 6.66. The molecule has 2 heteroatoms. The predicted molar refractivity (Wildman–Crippen MR) is 40.5 cm³/mol. The molecule has 0 amide bonds. The van der Waals surface area contributed by atoms with Gasteiger partial charge in [0.15, 0.2) is 0 Å². The Hall–Kier alpha value is 0.690. The molecule has 0 spiro atoms. The minimum atomic E-state index is 0.421. The summed E-state index contributed by atoms with van der Waals surface area (Å²) in [4.78, 5) is 0. The number of hydrogen-bond donors (Lipinski definition) is 0. The SMILES string of the molecule is CC[I-]N1CCC(C)CC1. The molecule has 0 atom stereocenters. The van der Waals surface area contributed by atoms with Crippen molar-refractivity contribution in [2.45, 2.75) is 26.7 Å². The maximum absolute atomic E-state index is 2.69. The van der Waals surface area contributed by atoms with Crippen molar-refractivity contribution in [3.63, 3.8) is 0 Å². The Labute approximate surface area is 74.8 Å². The quantitative estimate of drug-likeness (QED) is 0.338. The molecule has 1 aliphatic heterocycles. The molecule has 0 saturated carbocycles. The van der Waals surface area contributed by atoms with Crippen LogP contribution in [-0.2, 0) is 0 Å². The second-order valence-electron chi connectivity index (χ2n) is 2.98. The van der Waals surface area contributed by atoms with Gasteiger partial charge in [0.1, 0.15) is 0 Å². The van der Waals surface area contributed by atoms with Crippen molar-refractivity contribution < 1.29 is 21.5 Å². The van der Waals surface area contributed by atoms with Gasteiger partial charge in [0.2, 0.25) is 0 Å². The van der Waals surface area contributed by atoms with Crippen molar-refractivity contribution in [3.8, 4) is 0 Å². The third-order valence-electron chi connectivity index (χ3n) is 2.02. The van der Waals surface area contributed by atoms with Crippen molar-refractivity contribution in [2.24, 2.45) is 5.92 Å². The normalized spacial score (nSPS) is 23.8. The summed E-state index contributed by atoms with van der Waals surface area (Å²) in [5.74, 6) is 0.997. The van der Waals surface area contributed by atoms with Gasteiger partial charge in [-0.2, -0.15) is 0 Å². The molecule has 0 N–H and O–H groups in total. The Kier molecular flexibility index (Phi) is 3.99. The van der Waals surface area contributed by atoms with E-state index in [1.54, 1.807) is 0 Å². The van der Waals surface area contributed by atoms with E-state index in [2.05, 4.69) is 17.0 Å². The van der Waals surface area contributed by atoms with E-state index < -0.39 is 0 Å². The summed E-state index contributed by atoms with van der Waals surface area (Å²) in [6, 6.07) is 0. The van der Waals surface area contributed by atoms with Crippen molar-refractivity contribution in [1.29, 1.82) is 0 Å². The van der Waals surface area contributed by atoms with Crippen LogP contribution in [0.1, 0.15) is 26.7 Å². The predicted octanol–water partition coefficient (Wildman–Crippen LogP) is -1.26. The van der Waals surface area contributed by atoms with E-state index in [1.807, 2.05) is 0 Å². The van der Waals surface area contributed by atoms with Gasteiger partial charge in [-0.25, -0.2) is 0 Å². The average Bonchev–Trinajstić information content (AvgIpc) is 1.95. The first-order chi connectivity index (χ1) is 4.83. The van der Waals surface area contributed by atoms with Crippen molar-refractivity contribution >= 4 is 0 Å². The second kappa shape index (κ2) is 4.54. The summed E-state index contributed by atoms with van der Waals surface area (Å²) < 4.78 is 4.12. The van der Waals surface area contributed by atoms with Gasteiger partial charge in [-0.3, -0.25) is 0 Å². The summed E-state index contributed by atoms with van der Waals surface area (Å²) in [7, 11) is 0. The Morgan fingerprint density at radius 1 is 1.40 bits per heavy atom.